The topological polar surface area (TPSA) is 147 Å². The first-order valence-electron chi connectivity index (χ1n) is 7.47. The van der Waals surface area contributed by atoms with E-state index in [0.29, 0.717) is 22.6 Å². The van der Waals surface area contributed by atoms with Crippen LogP contribution >= 0.6 is 0 Å². The van der Waals surface area contributed by atoms with Crippen LogP contribution in [0.25, 0.3) is 0 Å². The first kappa shape index (κ1) is 18.6. The van der Waals surface area contributed by atoms with Crippen LogP contribution in [0.4, 0.5) is 4.79 Å². The lowest BCUT2D eigenvalue weighted by molar-refractivity contribution is 0.242. The lowest BCUT2D eigenvalue weighted by Gasteiger charge is -2.06. The van der Waals surface area contributed by atoms with Crippen molar-refractivity contribution < 1.29 is 25.2 Å². The smallest absolute Gasteiger partial charge is 0.355 e. The second-order valence-corrected chi connectivity index (χ2v) is 5.35. The zero-order valence-corrected chi connectivity index (χ0v) is 14.1. The Morgan fingerprint density at radius 3 is 1.50 bits per heavy atom. The summed E-state index contributed by atoms with van der Waals surface area (Å²) in [5.41, 5.74) is 5.73. The van der Waals surface area contributed by atoms with Gasteiger partial charge in [-0.25, -0.2) is 15.6 Å². The minimum atomic E-state index is -0.736. The molecule has 136 valence electrons. The number of nitrogens with one attached hydrogen (secondary N) is 2. The zero-order chi connectivity index (χ0) is 19.3. The Kier molecular flexibility index (Phi) is 5.63. The molecule has 26 heavy (non-hydrogen) atoms. The molecule has 0 atom stereocenters. The van der Waals surface area contributed by atoms with E-state index in [-0.39, 0.29) is 23.0 Å². The largest absolute Gasteiger partial charge is 0.508 e. The van der Waals surface area contributed by atoms with E-state index in [4.69, 9.17) is 0 Å². The number of amides is 2. The highest BCUT2D eigenvalue weighted by atomic mass is 16.3. The van der Waals surface area contributed by atoms with Crippen molar-refractivity contribution in [2.75, 3.05) is 0 Å². The Morgan fingerprint density at radius 1 is 0.769 bits per heavy atom. The number of urea groups is 1. The average molecular weight is 358 g/mol. The minimum absolute atomic E-state index is 0.0907. The van der Waals surface area contributed by atoms with Crippen molar-refractivity contribution in [3.05, 3.63) is 47.5 Å². The Bertz CT molecular complexity index is 821. The van der Waals surface area contributed by atoms with Gasteiger partial charge in [0.05, 0.1) is 11.4 Å². The van der Waals surface area contributed by atoms with Gasteiger partial charge in [0.1, 0.15) is 23.0 Å². The number of carbonyl (C=O) groups excluding carboxylic acids is 1. The SMILES string of the molecule is C/C(=N\NC(=O)N/N=C(\C)c1ccc(O)cc1O)c1ccc(O)cc1O. The van der Waals surface area contributed by atoms with Gasteiger partial charge in [-0.2, -0.15) is 10.2 Å². The maximum Gasteiger partial charge on any atom is 0.355 e. The van der Waals surface area contributed by atoms with Crippen molar-refractivity contribution in [2.24, 2.45) is 10.2 Å². The summed E-state index contributed by atoms with van der Waals surface area (Å²) in [7, 11) is 0. The van der Waals surface area contributed by atoms with Gasteiger partial charge >= 0.3 is 6.03 Å². The van der Waals surface area contributed by atoms with Gasteiger partial charge in [-0.05, 0) is 38.1 Å². The summed E-state index contributed by atoms with van der Waals surface area (Å²) < 4.78 is 0. The first-order valence-corrected chi connectivity index (χ1v) is 7.47. The van der Waals surface area contributed by atoms with Crippen LogP contribution in [0, 0.1) is 0 Å². The van der Waals surface area contributed by atoms with E-state index >= 15 is 0 Å². The molecule has 0 radical (unpaired) electrons. The quantitative estimate of drug-likeness (QED) is 0.365. The maximum absolute atomic E-state index is 11.8. The number of aromatic hydroxyl groups is 4. The molecule has 0 aliphatic carbocycles. The standard InChI is InChI=1S/C17H18N4O5/c1-9(13-5-3-11(22)7-15(13)24)18-20-17(26)21-19-10(2)14-6-4-12(23)8-16(14)25/h3-8,22-25H,1-2H3,(H2,20,21,26)/b18-9+,19-10+. The van der Waals surface area contributed by atoms with Gasteiger partial charge in [0.25, 0.3) is 0 Å². The minimum Gasteiger partial charge on any atom is -0.508 e. The van der Waals surface area contributed by atoms with Crippen LogP contribution in [0.15, 0.2) is 46.6 Å². The summed E-state index contributed by atoms with van der Waals surface area (Å²) >= 11 is 0. The molecular formula is C17H18N4O5. The molecule has 2 rings (SSSR count). The first-order chi connectivity index (χ1) is 12.3. The molecule has 0 bridgehead atoms. The average Bonchev–Trinajstić information content (AvgIpc) is 2.57. The van der Waals surface area contributed by atoms with Crippen LogP contribution in [-0.2, 0) is 0 Å². The fourth-order valence-corrected chi connectivity index (χ4v) is 2.07. The fraction of sp³-hybridized carbons (Fsp3) is 0.118. The molecule has 9 heteroatoms. The molecule has 2 aromatic rings. The number of hydrogen-bond acceptors (Lipinski definition) is 7. The van der Waals surface area contributed by atoms with Gasteiger partial charge in [0.2, 0.25) is 0 Å². The number of benzene rings is 2. The molecule has 0 aromatic heterocycles. The summed E-state index contributed by atoms with van der Waals surface area (Å²) in [4.78, 5) is 11.8. The zero-order valence-electron chi connectivity index (χ0n) is 14.1. The van der Waals surface area contributed by atoms with Crippen molar-refractivity contribution in [2.45, 2.75) is 13.8 Å². The lowest BCUT2D eigenvalue weighted by atomic mass is 10.1. The monoisotopic (exact) mass is 358 g/mol. The third kappa shape index (κ3) is 4.63. The van der Waals surface area contributed by atoms with Crippen LogP contribution in [0.5, 0.6) is 23.0 Å². The van der Waals surface area contributed by atoms with E-state index in [0.717, 1.165) is 12.1 Å². The Balaban J connectivity index is 2.01. The van der Waals surface area contributed by atoms with Crippen LogP contribution in [0.3, 0.4) is 0 Å². The highest BCUT2D eigenvalue weighted by Crippen LogP contribution is 2.23. The Labute approximate surface area is 148 Å². The van der Waals surface area contributed by atoms with Crippen LogP contribution in [-0.4, -0.2) is 37.9 Å². The number of phenolic OH excluding ortho intramolecular Hbond substituents is 4. The molecule has 6 N–H and O–H groups in total. The molecule has 0 fully saturated rings. The van der Waals surface area contributed by atoms with Crippen LogP contribution in [0.2, 0.25) is 0 Å². The molecule has 0 aliphatic heterocycles. The summed E-state index contributed by atoms with van der Waals surface area (Å²) in [6.07, 6.45) is 0. The number of rotatable bonds is 4. The molecule has 0 spiro atoms. The highest BCUT2D eigenvalue weighted by Gasteiger charge is 2.08. The van der Waals surface area contributed by atoms with Gasteiger partial charge in [-0.15, -0.1) is 0 Å². The van der Waals surface area contributed by atoms with Gasteiger partial charge < -0.3 is 20.4 Å². The third-order valence-corrected chi connectivity index (χ3v) is 3.39. The molecule has 0 aliphatic rings. The fourth-order valence-electron chi connectivity index (χ4n) is 2.07. The second-order valence-electron chi connectivity index (χ2n) is 5.35. The maximum atomic E-state index is 11.8. The van der Waals surface area contributed by atoms with E-state index < -0.39 is 6.03 Å². The Morgan fingerprint density at radius 2 is 1.15 bits per heavy atom. The van der Waals surface area contributed by atoms with Gasteiger partial charge in [-0.3, -0.25) is 0 Å². The molecule has 2 amide bonds. The van der Waals surface area contributed by atoms with Crippen molar-refractivity contribution in [3.8, 4) is 23.0 Å². The van der Waals surface area contributed by atoms with E-state index in [1.165, 1.54) is 24.3 Å². The molecule has 0 saturated carbocycles. The molecule has 0 heterocycles. The molecule has 0 saturated heterocycles. The van der Waals surface area contributed by atoms with Crippen molar-refractivity contribution in [1.82, 2.24) is 10.9 Å². The van der Waals surface area contributed by atoms with Gasteiger partial charge in [-0.1, -0.05) is 0 Å². The van der Waals surface area contributed by atoms with Crippen LogP contribution < -0.4 is 10.9 Å². The Hall–Kier alpha value is -3.75. The highest BCUT2D eigenvalue weighted by molar-refractivity contribution is 6.02. The van der Waals surface area contributed by atoms with E-state index in [1.54, 1.807) is 13.8 Å². The molecule has 2 aromatic carbocycles. The number of nitrogens with zero attached hydrogens (tertiary/aromatic N) is 2. The van der Waals surface area contributed by atoms with E-state index in [1.807, 2.05) is 0 Å². The van der Waals surface area contributed by atoms with Crippen molar-refractivity contribution in [1.29, 1.82) is 0 Å². The van der Waals surface area contributed by atoms with E-state index in [2.05, 4.69) is 21.1 Å². The van der Waals surface area contributed by atoms with Crippen LogP contribution in [0.1, 0.15) is 25.0 Å². The number of hydrazone groups is 2. The van der Waals surface area contributed by atoms with Crippen molar-refractivity contribution >= 4 is 17.5 Å². The number of carbonyl (C=O) groups is 1. The molecule has 0 unspecified atom stereocenters. The molecular weight excluding hydrogens is 340 g/mol. The molecule has 9 nitrogen and oxygen atoms in total. The summed E-state index contributed by atoms with van der Waals surface area (Å²) in [5.74, 6) is -0.533. The summed E-state index contributed by atoms with van der Waals surface area (Å²) in [5, 5.41) is 45.7. The normalized spacial score (nSPS) is 11.9. The van der Waals surface area contributed by atoms with Gasteiger partial charge in [0.15, 0.2) is 0 Å². The predicted molar refractivity (Wildman–Crippen MR) is 95.6 cm³/mol. The summed E-state index contributed by atoms with van der Waals surface area (Å²) in [6.45, 7) is 3.13. The predicted octanol–water partition coefficient (Wildman–Crippen LogP) is 1.96. The second kappa shape index (κ2) is 7.88. The van der Waals surface area contributed by atoms with Crippen molar-refractivity contribution in [3.63, 3.8) is 0 Å². The summed E-state index contributed by atoms with van der Waals surface area (Å²) in [6, 6.07) is 7.26. The van der Waals surface area contributed by atoms with Gasteiger partial charge in [0, 0.05) is 23.3 Å². The van der Waals surface area contributed by atoms with E-state index in [9.17, 15) is 25.2 Å². The third-order valence-electron chi connectivity index (χ3n) is 3.39. The number of hydrogen-bond donors (Lipinski definition) is 6. The lowest BCUT2D eigenvalue weighted by Crippen LogP contribution is -2.30. The number of phenols is 4.